The van der Waals surface area contributed by atoms with E-state index >= 15 is 0 Å². The molecule has 90 valence electrons. The van der Waals surface area contributed by atoms with Crippen LogP contribution in [0.25, 0.3) is 0 Å². The van der Waals surface area contributed by atoms with Crippen LogP contribution in [-0.4, -0.2) is 0 Å². The molecule has 0 bridgehead atoms. The van der Waals surface area contributed by atoms with Crippen LogP contribution in [0.1, 0.15) is 16.5 Å². The SMILES string of the molecule is NC(c1ccc(Cl)c(F)c1)c1cc(Br)c(Cl)s1. The zero-order valence-corrected chi connectivity index (χ0v) is 12.3. The lowest BCUT2D eigenvalue weighted by molar-refractivity contribution is 0.624. The van der Waals surface area contributed by atoms with Crippen LogP contribution in [0.5, 0.6) is 0 Å². The molecular weight excluding hydrogens is 348 g/mol. The Morgan fingerprint density at radius 2 is 2.00 bits per heavy atom. The molecule has 0 aliphatic heterocycles. The maximum Gasteiger partial charge on any atom is 0.142 e. The summed E-state index contributed by atoms with van der Waals surface area (Å²) >= 11 is 16.2. The number of rotatable bonds is 2. The van der Waals surface area contributed by atoms with E-state index in [-0.39, 0.29) is 5.02 Å². The first-order chi connectivity index (χ1) is 7.99. The molecule has 2 aromatic rings. The van der Waals surface area contributed by atoms with Gasteiger partial charge >= 0.3 is 0 Å². The summed E-state index contributed by atoms with van der Waals surface area (Å²) in [6.45, 7) is 0. The zero-order chi connectivity index (χ0) is 12.6. The van der Waals surface area contributed by atoms with E-state index in [2.05, 4.69) is 15.9 Å². The van der Waals surface area contributed by atoms with E-state index in [1.807, 2.05) is 6.07 Å². The molecule has 1 atom stereocenters. The molecule has 0 spiro atoms. The van der Waals surface area contributed by atoms with Crippen molar-refractivity contribution in [3.8, 4) is 0 Å². The minimum atomic E-state index is -0.471. The second-order valence-corrected chi connectivity index (χ2v) is 6.37. The number of nitrogens with two attached hydrogens (primary N) is 1. The lowest BCUT2D eigenvalue weighted by Crippen LogP contribution is -2.10. The van der Waals surface area contributed by atoms with Gasteiger partial charge in [0.2, 0.25) is 0 Å². The molecule has 0 aliphatic carbocycles. The van der Waals surface area contributed by atoms with Gasteiger partial charge in [-0.2, -0.15) is 0 Å². The predicted octanol–water partition coefficient (Wildman–Crippen LogP) is 5.00. The van der Waals surface area contributed by atoms with Crippen molar-refractivity contribution in [1.29, 1.82) is 0 Å². The van der Waals surface area contributed by atoms with Gasteiger partial charge in [-0.25, -0.2) is 4.39 Å². The van der Waals surface area contributed by atoms with Gasteiger partial charge < -0.3 is 5.73 Å². The molecule has 1 aromatic heterocycles. The lowest BCUT2D eigenvalue weighted by Gasteiger charge is -2.10. The molecule has 2 N–H and O–H groups in total. The third-order valence-electron chi connectivity index (χ3n) is 2.27. The van der Waals surface area contributed by atoms with Crippen LogP contribution in [-0.2, 0) is 0 Å². The maximum absolute atomic E-state index is 13.3. The maximum atomic E-state index is 13.3. The standard InChI is InChI=1S/C11H7BrCl2FNS/c12-6-4-9(17-11(6)14)10(16)5-1-2-7(13)8(15)3-5/h1-4,10H,16H2. The van der Waals surface area contributed by atoms with Gasteiger partial charge in [0.15, 0.2) is 0 Å². The Hall–Kier alpha value is -0.130. The molecule has 1 nitrogen and oxygen atoms in total. The second-order valence-electron chi connectivity index (χ2n) is 3.42. The number of benzene rings is 1. The summed E-state index contributed by atoms with van der Waals surface area (Å²) in [5, 5.41) is 0.0892. The Kier molecular flexibility index (Phi) is 4.10. The minimum absolute atomic E-state index is 0.0892. The lowest BCUT2D eigenvalue weighted by atomic mass is 10.1. The minimum Gasteiger partial charge on any atom is -0.320 e. The summed E-state index contributed by atoms with van der Waals surface area (Å²) in [6, 6.07) is 5.97. The van der Waals surface area contributed by atoms with Gasteiger partial charge in [-0.15, -0.1) is 11.3 Å². The fourth-order valence-corrected chi connectivity index (χ4v) is 3.27. The first-order valence-electron chi connectivity index (χ1n) is 4.64. The van der Waals surface area contributed by atoms with Crippen LogP contribution >= 0.6 is 50.5 Å². The van der Waals surface area contributed by atoms with Crippen molar-refractivity contribution in [2.24, 2.45) is 5.73 Å². The van der Waals surface area contributed by atoms with Crippen LogP contribution in [0.4, 0.5) is 4.39 Å². The topological polar surface area (TPSA) is 26.0 Å². The van der Waals surface area contributed by atoms with Crippen LogP contribution < -0.4 is 5.73 Å². The summed E-state index contributed by atoms with van der Waals surface area (Å²) < 4.78 is 14.7. The summed E-state index contributed by atoms with van der Waals surface area (Å²) in [7, 11) is 0. The zero-order valence-electron chi connectivity index (χ0n) is 8.38. The first kappa shape index (κ1) is 13.3. The molecule has 0 amide bonds. The van der Waals surface area contributed by atoms with Gasteiger partial charge in [-0.05, 0) is 39.7 Å². The van der Waals surface area contributed by atoms with Crippen LogP contribution in [0.15, 0.2) is 28.7 Å². The molecule has 1 aromatic carbocycles. The third kappa shape index (κ3) is 2.83. The number of thiophene rings is 1. The molecule has 1 unspecified atom stereocenters. The Morgan fingerprint density at radius 3 is 2.53 bits per heavy atom. The molecule has 0 radical (unpaired) electrons. The number of hydrogen-bond acceptors (Lipinski definition) is 2. The van der Waals surface area contributed by atoms with E-state index in [1.165, 1.54) is 23.5 Å². The fourth-order valence-electron chi connectivity index (χ4n) is 1.39. The fraction of sp³-hybridized carbons (Fsp3) is 0.0909. The van der Waals surface area contributed by atoms with Gasteiger partial charge in [0.25, 0.3) is 0 Å². The summed E-state index contributed by atoms with van der Waals surface area (Å²) in [5.74, 6) is -0.471. The van der Waals surface area contributed by atoms with Gasteiger partial charge in [-0.1, -0.05) is 29.3 Å². The molecular formula is C11H7BrCl2FNS. The molecule has 17 heavy (non-hydrogen) atoms. The summed E-state index contributed by atoms with van der Waals surface area (Å²) in [4.78, 5) is 0.864. The third-order valence-corrected chi connectivity index (χ3v) is 5.14. The Bertz CT molecular complexity index is 539. The van der Waals surface area contributed by atoms with E-state index in [0.29, 0.717) is 9.90 Å². The van der Waals surface area contributed by atoms with E-state index in [4.69, 9.17) is 28.9 Å². The molecule has 2 rings (SSSR count). The monoisotopic (exact) mass is 353 g/mol. The van der Waals surface area contributed by atoms with E-state index in [0.717, 1.165) is 9.35 Å². The van der Waals surface area contributed by atoms with E-state index in [1.54, 1.807) is 6.07 Å². The molecule has 6 heteroatoms. The first-order valence-corrected chi connectivity index (χ1v) is 7.01. The van der Waals surface area contributed by atoms with Crippen molar-refractivity contribution in [1.82, 2.24) is 0 Å². The van der Waals surface area contributed by atoms with Gasteiger partial charge in [0.05, 0.1) is 11.1 Å². The van der Waals surface area contributed by atoms with Crippen molar-refractivity contribution in [2.75, 3.05) is 0 Å². The molecule has 1 heterocycles. The van der Waals surface area contributed by atoms with Crippen molar-refractivity contribution in [3.63, 3.8) is 0 Å². The van der Waals surface area contributed by atoms with Crippen molar-refractivity contribution < 1.29 is 4.39 Å². The molecule has 0 fully saturated rings. The highest BCUT2D eigenvalue weighted by Crippen LogP contribution is 2.36. The summed E-state index contributed by atoms with van der Waals surface area (Å²) in [5.41, 5.74) is 6.70. The second kappa shape index (κ2) is 5.24. The molecule has 0 saturated heterocycles. The van der Waals surface area contributed by atoms with Crippen molar-refractivity contribution in [2.45, 2.75) is 6.04 Å². The number of halogens is 4. The van der Waals surface area contributed by atoms with Gasteiger partial charge in [0, 0.05) is 9.35 Å². The number of hydrogen-bond donors (Lipinski definition) is 1. The van der Waals surface area contributed by atoms with Crippen LogP contribution in [0.2, 0.25) is 9.36 Å². The Balaban J connectivity index is 2.36. The van der Waals surface area contributed by atoms with Gasteiger partial charge in [0.1, 0.15) is 10.2 Å². The quantitative estimate of drug-likeness (QED) is 0.806. The average molecular weight is 355 g/mol. The van der Waals surface area contributed by atoms with Crippen molar-refractivity contribution >= 4 is 50.5 Å². The van der Waals surface area contributed by atoms with Gasteiger partial charge in [-0.3, -0.25) is 0 Å². The predicted molar refractivity (Wildman–Crippen MR) is 74.5 cm³/mol. The van der Waals surface area contributed by atoms with Crippen LogP contribution in [0, 0.1) is 5.82 Å². The highest BCUT2D eigenvalue weighted by molar-refractivity contribution is 9.10. The smallest absolute Gasteiger partial charge is 0.142 e. The molecule has 0 saturated carbocycles. The highest BCUT2D eigenvalue weighted by atomic mass is 79.9. The summed E-state index contributed by atoms with van der Waals surface area (Å²) in [6.07, 6.45) is 0. The Labute approximate surface area is 120 Å². The normalized spacial score (nSPS) is 12.8. The Morgan fingerprint density at radius 1 is 1.29 bits per heavy atom. The van der Waals surface area contributed by atoms with E-state index < -0.39 is 11.9 Å². The van der Waals surface area contributed by atoms with Crippen molar-refractivity contribution in [3.05, 3.63) is 54.4 Å². The highest BCUT2D eigenvalue weighted by Gasteiger charge is 2.15. The molecule has 0 aliphatic rings. The largest absolute Gasteiger partial charge is 0.320 e. The average Bonchev–Trinajstić information content (AvgIpc) is 2.62. The van der Waals surface area contributed by atoms with E-state index in [9.17, 15) is 4.39 Å². The van der Waals surface area contributed by atoms with Crippen LogP contribution in [0.3, 0.4) is 0 Å².